The van der Waals surface area contributed by atoms with Gasteiger partial charge in [0.25, 0.3) is 10.1 Å². The van der Waals surface area contributed by atoms with Gasteiger partial charge >= 0.3 is 5.97 Å². The molecule has 1 aromatic rings. The van der Waals surface area contributed by atoms with E-state index in [-0.39, 0.29) is 17.2 Å². The highest BCUT2D eigenvalue weighted by Gasteiger charge is 2.26. The molecule has 0 bridgehead atoms. The number of rotatable bonds is 8. The lowest BCUT2D eigenvalue weighted by molar-refractivity contribution is -0.102. The molecule has 26 heavy (non-hydrogen) atoms. The van der Waals surface area contributed by atoms with Crippen LogP contribution in [0.25, 0.3) is 0 Å². The SMILES string of the molecule is COC(Oc1cc(C(=O)OCCS(=O)(=O)O)ccc1F)C1CCCCC1. The maximum absolute atomic E-state index is 14.1. The van der Waals surface area contributed by atoms with Crippen LogP contribution in [0.1, 0.15) is 42.5 Å². The van der Waals surface area contributed by atoms with Crippen LogP contribution in [0.4, 0.5) is 4.39 Å². The Kier molecular flexibility index (Phi) is 7.36. The molecule has 1 atom stereocenters. The lowest BCUT2D eigenvalue weighted by Crippen LogP contribution is -2.30. The van der Waals surface area contributed by atoms with Crippen LogP contribution in [0.2, 0.25) is 0 Å². The van der Waals surface area contributed by atoms with Crippen molar-refractivity contribution in [2.24, 2.45) is 5.92 Å². The van der Waals surface area contributed by atoms with Crippen molar-refractivity contribution in [1.82, 2.24) is 0 Å². The molecular formula is C17H23FO7S. The van der Waals surface area contributed by atoms with Gasteiger partial charge in [0.15, 0.2) is 11.6 Å². The lowest BCUT2D eigenvalue weighted by Gasteiger charge is -2.29. The van der Waals surface area contributed by atoms with E-state index in [0.717, 1.165) is 38.2 Å². The first kappa shape index (κ1) is 20.6. The Labute approximate surface area is 152 Å². The molecule has 1 unspecified atom stereocenters. The molecule has 1 aromatic carbocycles. The summed E-state index contributed by atoms with van der Waals surface area (Å²) in [5.74, 6) is -2.18. The van der Waals surface area contributed by atoms with Gasteiger partial charge in [0.1, 0.15) is 12.4 Å². The average Bonchev–Trinajstić information content (AvgIpc) is 2.60. The summed E-state index contributed by atoms with van der Waals surface area (Å²) in [6.07, 6.45) is 4.53. The smallest absolute Gasteiger partial charge is 0.338 e. The molecule has 2 rings (SSSR count). The highest BCUT2D eigenvalue weighted by molar-refractivity contribution is 7.85. The van der Waals surface area contributed by atoms with Crippen LogP contribution in [0.15, 0.2) is 18.2 Å². The number of halogens is 1. The van der Waals surface area contributed by atoms with Gasteiger partial charge in [-0.15, -0.1) is 0 Å². The van der Waals surface area contributed by atoms with Crippen LogP contribution in [0.5, 0.6) is 5.75 Å². The van der Waals surface area contributed by atoms with Crippen LogP contribution in [0.3, 0.4) is 0 Å². The van der Waals surface area contributed by atoms with E-state index in [0.29, 0.717) is 0 Å². The zero-order valence-corrected chi connectivity index (χ0v) is 15.3. The molecule has 1 aliphatic carbocycles. The van der Waals surface area contributed by atoms with Crippen LogP contribution in [-0.4, -0.2) is 44.7 Å². The minimum atomic E-state index is -4.23. The second-order valence-electron chi connectivity index (χ2n) is 6.19. The summed E-state index contributed by atoms with van der Waals surface area (Å²) in [6, 6.07) is 3.47. The first-order valence-electron chi connectivity index (χ1n) is 8.41. The van der Waals surface area contributed by atoms with Gasteiger partial charge in [0, 0.05) is 13.0 Å². The summed E-state index contributed by atoms with van der Waals surface area (Å²) in [5.41, 5.74) is 0.00948. The number of methoxy groups -OCH3 is 1. The van der Waals surface area contributed by atoms with Crippen molar-refractivity contribution in [2.45, 2.75) is 38.4 Å². The van der Waals surface area contributed by atoms with Crippen molar-refractivity contribution >= 4 is 16.1 Å². The quantitative estimate of drug-likeness (QED) is 0.414. The number of ether oxygens (including phenoxy) is 3. The fourth-order valence-corrected chi connectivity index (χ4v) is 3.21. The molecule has 0 spiro atoms. The fraction of sp³-hybridized carbons (Fsp3) is 0.588. The van der Waals surface area contributed by atoms with Crippen LogP contribution in [-0.2, 0) is 19.6 Å². The third-order valence-corrected chi connectivity index (χ3v) is 4.93. The molecule has 0 radical (unpaired) electrons. The van der Waals surface area contributed by atoms with Gasteiger partial charge in [0.05, 0.1) is 5.56 Å². The van der Waals surface area contributed by atoms with Gasteiger partial charge in [-0.2, -0.15) is 8.42 Å². The van der Waals surface area contributed by atoms with E-state index >= 15 is 0 Å². The Hall–Kier alpha value is -1.71. The zero-order valence-electron chi connectivity index (χ0n) is 14.5. The molecule has 146 valence electrons. The first-order chi connectivity index (χ1) is 12.3. The lowest BCUT2D eigenvalue weighted by atomic mass is 9.89. The van der Waals surface area contributed by atoms with Crippen LogP contribution in [0, 0.1) is 11.7 Å². The molecule has 0 aliphatic heterocycles. The summed E-state index contributed by atoms with van der Waals surface area (Å²) in [5, 5.41) is 0. The van der Waals surface area contributed by atoms with Gasteiger partial charge in [-0.1, -0.05) is 19.3 Å². The number of hydrogen-bond donors (Lipinski definition) is 1. The summed E-state index contributed by atoms with van der Waals surface area (Å²) >= 11 is 0. The molecule has 0 saturated heterocycles. The molecule has 1 aliphatic rings. The third kappa shape index (κ3) is 6.22. The number of esters is 1. The van der Waals surface area contributed by atoms with Crippen molar-refractivity contribution in [2.75, 3.05) is 19.5 Å². The summed E-state index contributed by atoms with van der Waals surface area (Å²) in [7, 11) is -2.74. The zero-order chi connectivity index (χ0) is 19.2. The van der Waals surface area contributed by atoms with Gasteiger partial charge in [-0.25, -0.2) is 9.18 Å². The van der Waals surface area contributed by atoms with E-state index < -0.39 is 40.6 Å². The number of hydrogen-bond acceptors (Lipinski definition) is 6. The molecule has 7 nitrogen and oxygen atoms in total. The maximum atomic E-state index is 14.1. The van der Waals surface area contributed by atoms with Gasteiger partial charge < -0.3 is 14.2 Å². The van der Waals surface area contributed by atoms with Crippen LogP contribution >= 0.6 is 0 Å². The highest BCUT2D eigenvalue weighted by Crippen LogP contribution is 2.30. The third-order valence-electron chi connectivity index (χ3n) is 4.25. The largest absolute Gasteiger partial charge is 0.462 e. The second-order valence-corrected chi connectivity index (χ2v) is 7.76. The minimum Gasteiger partial charge on any atom is -0.462 e. The second kappa shape index (κ2) is 9.29. The van der Waals surface area contributed by atoms with E-state index in [2.05, 4.69) is 0 Å². The summed E-state index contributed by atoms with van der Waals surface area (Å²) in [6.45, 7) is -0.506. The molecule has 1 fully saturated rings. The number of carbonyl (C=O) groups excluding carboxylic acids is 1. The van der Waals surface area contributed by atoms with Crippen molar-refractivity contribution < 1.29 is 36.4 Å². The van der Waals surface area contributed by atoms with E-state index in [9.17, 15) is 17.6 Å². The fourth-order valence-electron chi connectivity index (χ4n) is 2.91. The summed E-state index contributed by atoms with van der Waals surface area (Å²) in [4.78, 5) is 11.9. The molecule has 0 amide bonds. The predicted molar refractivity (Wildman–Crippen MR) is 91.1 cm³/mol. The van der Waals surface area contributed by atoms with E-state index in [1.807, 2.05) is 0 Å². The first-order valence-corrected chi connectivity index (χ1v) is 10.0. The molecule has 1 saturated carbocycles. The molecular weight excluding hydrogens is 367 g/mol. The Morgan fingerprint density at radius 1 is 1.31 bits per heavy atom. The topological polar surface area (TPSA) is 99.1 Å². The molecule has 0 aromatic heterocycles. The Balaban J connectivity index is 2.04. The van der Waals surface area contributed by atoms with E-state index in [1.54, 1.807) is 0 Å². The predicted octanol–water partition coefficient (Wildman–Crippen LogP) is 2.80. The van der Waals surface area contributed by atoms with Crippen molar-refractivity contribution in [1.29, 1.82) is 0 Å². The maximum Gasteiger partial charge on any atom is 0.338 e. The standard InChI is InChI=1S/C17H23FO7S/c1-23-17(12-5-3-2-4-6-12)25-15-11-13(7-8-14(15)18)16(19)24-9-10-26(20,21)22/h7-8,11-12,17H,2-6,9-10H2,1H3,(H,20,21,22). The van der Waals surface area contributed by atoms with Gasteiger partial charge in [-0.3, -0.25) is 4.55 Å². The monoisotopic (exact) mass is 390 g/mol. The molecule has 1 N–H and O–H groups in total. The van der Waals surface area contributed by atoms with E-state index in [1.165, 1.54) is 19.2 Å². The minimum absolute atomic E-state index is 0.00948. The van der Waals surface area contributed by atoms with E-state index in [4.69, 9.17) is 18.8 Å². The van der Waals surface area contributed by atoms with Gasteiger partial charge in [0.2, 0.25) is 6.29 Å². The molecule has 9 heteroatoms. The Bertz CT molecular complexity index is 714. The average molecular weight is 390 g/mol. The van der Waals surface area contributed by atoms with Crippen molar-refractivity contribution in [3.05, 3.63) is 29.6 Å². The van der Waals surface area contributed by atoms with Crippen molar-refractivity contribution in [3.8, 4) is 5.75 Å². The van der Waals surface area contributed by atoms with Crippen molar-refractivity contribution in [3.63, 3.8) is 0 Å². The van der Waals surface area contributed by atoms with Gasteiger partial charge in [-0.05, 0) is 31.0 Å². The number of benzene rings is 1. The highest BCUT2D eigenvalue weighted by atomic mass is 32.2. The Morgan fingerprint density at radius 2 is 2.00 bits per heavy atom. The van der Waals surface area contributed by atoms with Crippen LogP contribution < -0.4 is 4.74 Å². The number of carbonyl (C=O) groups is 1. The molecule has 0 heterocycles. The summed E-state index contributed by atoms with van der Waals surface area (Å²) < 4.78 is 59.7. The Morgan fingerprint density at radius 3 is 2.62 bits per heavy atom. The normalized spacial score (nSPS) is 16.9.